The minimum Gasteiger partial charge on any atom is -0.478 e. The minimum absolute atomic E-state index is 0.276. The Balaban J connectivity index is 3.08. The van der Waals surface area contributed by atoms with Gasteiger partial charge in [-0.2, -0.15) is 0 Å². The number of aromatic carboxylic acids is 1. The van der Waals surface area contributed by atoms with Gasteiger partial charge in [0.25, 0.3) is 0 Å². The van der Waals surface area contributed by atoms with Gasteiger partial charge in [0.05, 0.1) is 17.4 Å². The Bertz CT molecular complexity index is 402. The summed E-state index contributed by atoms with van der Waals surface area (Å²) in [5.74, 6) is -0.933. The molecule has 0 radical (unpaired) electrons. The number of carboxylic acids is 1. The number of anilines is 1. The number of hydrogen-bond acceptors (Lipinski definition) is 3. The van der Waals surface area contributed by atoms with Gasteiger partial charge in [0.1, 0.15) is 0 Å². The summed E-state index contributed by atoms with van der Waals surface area (Å²) in [4.78, 5) is 17.0. The van der Waals surface area contributed by atoms with Gasteiger partial charge in [-0.05, 0) is 19.9 Å². The van der Waals surface area contributed by atoms with Crippen molar-refractivity contribution in [3.63, 3.8) is 0 Å². The van der Waals surface area contributed by atoms with Gasteiger partial charge in [-0.15, -0.1) is 0 Å². The Morgan fingerprint density at radius 3 is 2.81 bits per heavy atom. The molecule has 0 fully saturated rings. The number of hydrogen-bond donors (Lipinski definition) is 1. The monoisotopic (exact) mass is 220 g/mol. The van der Waals surface area contributed by atoms with E-state index in [2.05, 4.69) is 11.6 Å². The summed E-state index contributed by atoms with van der Waals surface area (Å²) in [6.07, 6.45) is 3.07. The highest BCUT2D eigenvalue weighted by Gasteiger charge is 2.14. The maximum Gasteiger partial charge on any atom is 0.337 e. The van der Waals surface area contributed by atoms with E-state index >= 15 is 0 Å². The first-order chi connectivity index (χ1) is 7.56. The third kappa shape index (κ3) is 2.82. The number of likely N-dealkylation sites (N-methyl/N-ethyl adjacent to an activating group) is 1. The van der Waals surface area contributed by atoms with E-state index in [-0.39, 0.29) is 5.56 Å². The maximum absolute atomic E-state index is 11.1. The van der Waals surface area contributed by atoms with Gasteiger partial charge in [-0.3, -0.25) is 4.98 Å². The first kappa shape index (κ1) is 12.2. The number of nitrogens with zero attached hydrogens (tertiary/aromatic N) is 2. The lowest BCUT2D eigenvalue weighted by atomic mass is 10.2. The molecular weight excluding hydrogens is 204 g/mol. The average Bonchev–Trinajstić information content (AvgIpc) is 2.25. The molecule has 1 aromatic heterocycles. The molecule has 4 nitrogen and oxygen atoms in total. The Morgan fingerprint density at radius 1 is 1.62 bits per heavy atom. The van der Waals surface area contributed by atoms with Crippen molar-refractivity contribution in [1.82, 2.24) is 4.98 Å². The second-order valence-electron chi connectivity index (χ2n) is 3.67. The SMILES string of the molecule is C=C(C)CN(CC)c1cnccc1C(=O)O. The molecule has 0 aliphatic heterocycles. The molecule has 1 aromatic rings. The van der Waals surface area contributed by atoms with Crippen LogP contribution in [0.5, 0.6) is 0 Å². The first-order valence-electron chi connectivity index (χ1n) is 5.13. The van der Waals surface area contributed by atoms with Crippen LogP contribution in [0, 0.1) is 0 Å². The lowest BCUT2D eigenvalue weighted by molar-refractivity contribution is 0.0697. The van der Waals surface area contributed by atoms with Crippen LogP contribution < -0.4 is 4.90 Å². The summed E-state index contributed by atoms with van der Waals surface area (Å²) in [6.45, 7) is 9.09. The zero-order valence-electron chi connectivity index (χ0n) is 9.60. The molecule has 16 heavy (non-hydrogen) atoms. The topological polar surface area (TPSA) is 53.4 Å². The van der Waals surface area contributed by atoms with Gasteiger partial charge in [-0.25, -0.2) is 4.79 Å². The summed E-state index contributed by atoms with van der Waals surface area (Å²) in [6, 6.07) is 1.51. The number of rotatable bonds is 5. The normalized spacial score (nSPS) is 9.88. The lowest BCUT2D eigenvalue weighted by Gasteiger charge is -2.24. The van der Waals surface area contributed by atoms with E-state index in [0.717, 1.165) is 12.1 Å². The molecule has 0 saturated carbocycles. The maximum atomic E-state index is 11.1. The number of aromatic nitrogens is 1. The van der Waals surface area contributed by atoms with Gasteiger partial charge in [-0.1, -0.05) is 12.2 Å². The van der Waals surface area contributed by atoms with E-state index < -0.39 is 5.97 Å². The van der Waals surface area contributed by atoms with Crippen molar-refractivity contribution >= 4 is 11.7 Å². The second kappa shape index (κ2) is 5.30. The van der Waals surface area contributed by atoms with E-state index in [1.54, 1.807) is 6.20 Å². The summed E-state index contributed by atoms with van der Waals surface area (Å²) in [5.41, 5.74) is 1.90. The molecule has 0 aromatic carbocycles. The molecule has 86 valence electrons. The van der Waals surface area contributed by atoms with Crippen molar-refractivity contribution in [3.05, 3.63) is 36.2 Å². The van der Waals surface area contributed by atoms with Crippen molar-refractivity contribution in [2.45, 2.75) is 13.8 Å². The molecule has 1 rings (SSSR count). The van der Waals surface area contributed by atoms with Crippen molar-refractivity contribution in [2.24, 2.45) is 0 Å². The zero-order valence-corrected chi connectivity index (χ0v) is 9.60. The van der Waals surface area contributed by atoms with Gasteiger partial charge >= 0.3 is 5.97 Å². The Hall–Kier alpha value is -1.84. The molecule has 0 aliphatic rings. The summed E-state index contributed by atoms with van der Waals surface area (Å²) in [5, 5.41) is 9.07. The van der Waals surface area contributed by atoms with E-state index in [1.807, 2.05) is 18.7 Å². The Labute approximate surface area is 95.2 Å². The van der Waals surface area contributed by atoms with Gasteiger partial charge in [0, 0.05) is 19.3 Å². The van der Waals surface area contributed by atoms with Crippen molar-refractivity contribution < 1.29 is 9.90 Å². The molecule has 0 aliphatic carbocycles. The van der Waals surface area contributed by atoms with Crippen LogP contribution in [0.25, 0.3) is 0 Å². The Morgan fingerprint density at radius 2 is 2.31 bits per heavy atom. The molecular formula is C12H16N2O2. The van der Waals surface area contributed by atoms with Crippen LogP contribution >= 0.6 is 0 Å². The molecule has 0 atom stereocenters. The standard InChI is InChI=1S/C12H16N2O2/c1-4-14(8-9(2)3)11-7-13-6-5-10(11)12(15)16/h5-7H,2,4,8H2,1,3H3,(H,15,16). The van der Waals surface area contributed by atoms with Crippen LogP contribution in [0.2, 0.25) is 0 Å². The minimum atomic E-state index is -0.933. The molecule has 1 N–H and O–H groups in total. The predicted octanol–water partition coefficient (Wildman–Crippen LogP) is 2.18. The quantitative estimate of drug-likeness (QED) is 0.773. The number of carboxylic acid groups (broad SMARTS) is 1. The fourth-order valence-electron chi connectivity index (χ4n) is 1.51. The van der Waals surface area contributed by atoms with Crippen LogP contribution in [0.15, 0.2) is 30.6 Å². The number of carbonyl (C=O) groups is 1. The van der Waals surface area contributed by atoms with Crippen LogP contribution in [0.4, 0.5) is 5.69 Å². The average molecular weight is 220 g/mol. The van der Waals surface area contributed by atoms with E-state index in [4.69, 9.17) is 5.11 Å². The smallest absolute Gasteiger partial charge is 0.337 e. The molecule has 0 bridgehead atoms. The van der Waals surface area contributed by atoms with Crippen LogP contribution in [0.1, 0.15) is 24.2 Å². The largest absolute Gasteiger partial charge is 0.478 e. The third-order valence-corrected chi connectivity index (χ3v) is 2.21. The van der Waals surface area contributed by atoms with E-state index in [1.165, 1.54) is 12.3 Å². The van der Waals surface area contributed by atoms with E-state index in [0.29, 0.717) is 12.2 Å². The lowest BCUT2D eigenvalue weighted by Crippen LogP contribution is -2.26. The molecule has 0 unspecified atom stereocenters. The van der Waals surface area contributed by atoms with Crippen molar-refractivity contribution in [1.29, 1.82) is 0 Å². The predicted molar refractivity (Wildman–Crippen MR) is 63.9 cm³/mol. The third-order valence-electron chi connectivity index (χ3n) is 2.21. The highest BCUT2D eigenvalue weighted by atomic mass is 16.4. The summed E-state index contributed by atoms with van der Waals surface area (Å²) >= 11 is 0. The summed E-state index contributed by atoms with van der Waals surface area (Å²) in [7, 11) is 0. The first-order valence-corrected chi connectivity index (χ1v) is 5.13. The fraction of sp³-hybridized carbons (Fsp3) is 0.333. The van der Waals surface area contributed by atoms with Crippen molar-refractivity contribution in [2.75, 3.05) is 18.0 Å². The number of pyridine rings is 1. The Kier molecular flexibility index (Phi) is 4.05. The summed E-state index contributed by atoms with van der Waals surface area (Å²) < 4.78 is 0. The zero-order chi connectivity index (χ0) is 12.1. The molecule has 0 saturated heterocycles. The van der Waals surface area contributed by atoms with Gasteiger partial charge in [0.15, 0.2) is 0 Å². The fourth-order valence-corrected chi connectivity index (χ4v) is 1.51. The molecule has 0 amide bonds. The molecule has 1 heterocycles. The van der Waals surface area contributed by atoms with Crippen LogP contribution in [-0.4, -0.2) is 29.1 Å². The van der Waals surface area contributed by atoms with Gasteiger partial charge < -0.3 is 10.0 Å². The van der Waals surface area contributed by atoms with Crippen LogP contribution in [0.3, 0.4) is 0 Å². The van der Waals surface area contributed by atoms with Gasteiger partial charge in [0.2, 0.25) is 0 Å². The van der Waals surface area contributed by atoms with Crippen LogP contribution in [-0.2, 0) is 0 Å². The molecule has 0 spiro atoms. The highest BCUT2D eigenvalue weighted by molar-refractivity contribution is 5.94. The second-order valence-corrected chi connectivity index (χ2v) is 3.67. The molecule has 4 heteroatoms. The van der Waals surface area contributed by atoms with E-state index in [9.17, 15) is 4.79 Å². The van der Waals surface area contributed by atoms with Crippen molar-refractivity contribution in [3.8, 4) is 0 Å². The highest BCUT2D eigenvalue weighted by Crippen LogP contribution is 2.19.